The highest BCUT2D eigenvalue weighted by Crippen LogP contribution is 2.21. The van der Waals surface area contributed by atoms with Gasteiger partial charge in [-0.15, -0.1) is 30.4 Å². The van der Waals surface area contributed by atoms with E-state index in [4.69, 9.17) is 6.42 Å². The van der Waals surface area contributed by atoms with Crippen molar-refractivity contribution in [1.29, 1.82) is 0 Å². The molecule has 1 aromatic carbocycles. The standard InChI is InChI=1S/C15H16N4O2.HI/c1-3-8-17-15(16-2)18-9-10-19-13(20)11-6-4-5-7-12(11)14(19)21;/h1,4-7H,8-10H2,2H3,(H2,16,17,18);1H. The van der Waals surface area contributed by atoms with E-state index in [1.54, 1.807) is 31.3 Å². The normalized spacial score (nSPS) is 13.3. The molecule has 0 atom stereocenters. The van der Waals surface area contributed by atoms with Gasteiger partial charge in [0, 0.05) is 20.1 Å². The lowest BCUT2D eigenvalue weighted by Crippen LogP contribution is -2.43. The van der Waals surface area contributed by atoms with Crippen LogP contribution in [0.25, 0.3) is 0 Å². The van der Waals surface area contributed by atoms with Gasteiger partial charge in [-0.05, 0) is 12.1 Å². The molecule has 22 heavy (non-hydrogen) atoms. The summed E-state index contributed by atoms with van der Waals surface area (Å²) in [6, 6.07) is 6.82. The number of halogens is 1. The number of terminal acetylenes is 1. The van der Waals surface area contributed by atoms with E-state index in [2.05, 4.69) is 21.5 Å². The van der Waals surface area contributed by atoms with Crippen molar-refractivity contribution in [3.05, 3.63) is 35.4 Å². The number of imide groups is 1. The third-order valence-electron chi connectivity index (χ3n) is 3.09. The predicted molar refractivity (Wildman–Crippen MR) is 95.4 cm³/mol. The van der Waals surface area contributed by atoms with Crippen molar-refractivity contribution < 1.29 is 9.59 Å². The summed E-state index contributed by atoms with van der Waals surface area (Å²) in [4.78, 5) is 29.5. The summed E-state index contributed by atoms with van der Waals surface area (Å²) < 4.78 is 0. The Balaban J connectivity index is 0.00000242. The van der Waals surface area contributed by atoms with Gasteiger partial charge in [-0.1, -0.05) is 18.1 Å². The molecule has 0 bridgehead atoms. The molecule has 6 nitrogen and oxygen atoms in total. The number of nitrogens with zero attached hydrogens (tertiary/aromatic N) is 2. The topological polar surface area (TPSA) is 73.8 Å². The third-order valence-corrected chi connectivity index (χ3v) is 3.09. The van der Waals surface area contributed by atoms with Gasteiger partial charge < -0.3 is 10.6 Å². The average Bonchev–Trinajstić information content (AvgIpc) is 2.76. The molecular formula is C15H17IN4O2. The lowest BCUT2D eigenvalue weighted by Gasteiger charge is -2.15. The van der Waals surface area contributed by atoms with Crippen LogP contribution in [0.2, 0.25) is 0 Å². The number of carbonyl (C=O) groups excluding carboxylic acids is 2. The first kappa shape index (κ1) is 18.0. The molecule has 116 valence electrons. The van der Waals surface area contributed by atoms with Gasteiger partial charge in [0.1, 0.15) is 0 Å². The summed E-state index contributed by atoms with van der Waals surface area (Å²) in [6.45, 7) is 1.02. The maximum absolute atomic E-state index is 12.1. The first-order valence-corrected chi connectivity index (χ1v) is 6.52. The Hall–Kier alpha value is -2.08. The van der Waals surface area contributed by atoms with Gasteiger partial charge in [0.25, 0.3) is 11.8 Å². The Morgan fingerprint density at radius 1 is 1.23 bits per heavy atom. The van der Waals surface area contributed by atoms with Crippen LogP contribution in [0.3, 0.4) is 0 Å². The number of aliphatic imine (C=N–C) groups is 1. The number of benzene rings is 1. The summed E-state index contributed by atoms with van der Waals surface area (Å²) >= 11 is 0. The second-order valence-electron chi connectivity index (χ2n) is 4.36. The van der Waals surface area contributed by atoms with Gasteiger partial charge in [0.15, 0.2) is 5.96 Å². The highest BCUT2D eigenvalue weighted by atomic mass is 127. The summed E-state index contributed by atoms with van der Waals surface area (Å²) in [6.07, 6.45) is 5.15. The van der Waals surface area contributed by atoms with E-state index in [1.165, 1.54) is 4.90 Å². The zero-order valence-electron chi connectivity index (χ0n) is 12.1. The van der Waals surface area contributed by atoms with Crippen LogP contribution >= 0.6 is 24.0 Å². The summed E-state index contributed by atoms with van der Waals surface area (Å²) in [7, 11) is 1.62. The van der Waals surface area contributed by atoms with Gasteiger partial charge in [-0.25, -0.2) is 0 Å². The highest BCUT2D eigenvalue weighted by Gasteiger charge is 2.34. The zero-order chi connectivity index (χ0) is 15.2. The molecule has 1 heterocycles. The minimum absolute atomic E-state index is 0. The van der Waals surface area contributed by atoms with Crippen LogP contribution in [-0.4, -0.2) is 49.4 Å². The Kier molecular flexibility index (Phi) is 6.85. The molecule has 1 aliphatic heterocycles. The Morgan fingerprint density at radius 2 is 1.82 bits per heavy atom. The van der Waals surface area contributed by atoms with E-state index >= 15 is 0 Å². The van der Waals surface area contributed by atoms with Crippen LogP contribution in [0.5, 0.6) is 0 Å². The van der Waals surface area contributed by atoms with Crippen molar-refractivity contribution in [3.8, 4) is 12.3 Å². The molecule has 2 amide bonds. The third kappa shape index (κ3) is 3.76. The van der Waals surface area contributed by atoms with Crippen molar-refractivity contribution in [2.24, 2.45) is 4.99 Å². The van der Waals surface area contributed by atoms with Crippen molar-refractivity contribution in [1.82, 2.24) is 15.5 Å². The monoisotopic (exact) mass is 412 g/mol. The predicted octanol–water partition coefficient (Wildman–Crippen LogP) is 0.699. The van der Waals surface area contributed by atoms with Crippen LogP contribution in [0.15, 0.2) is 29.3 Å². The Labute approximate surface area is 146 Å². The fraction of sp³-hybridized carbons (Fsp3) is 0.267. The second-order valence-corrected chi connectivity index (χ2v) is 4.36. The first-order valence-electron chi connectivity index (χ1n) is 6.52. The molecule has 2 rings (SSSR count). The molecule has 0 aliphatic carbocycles. The van der Waals surface area contributed by atoms with Gasteiger partial charge in [0.05, 0.1) is 17.7 Å². The van der Waals surface area contributed by atoms with Crippen molar-refractivity contribution in [2.45, 2.75) is 0 Å². The van der Waals surface area contributed by atoms with Crippen LogP contribution < -0.4 is 10.6 Å². The van der Waals surface area contributed by atoms with Crippen molar-refractivity contribution in [3.63, 3.8) is 0 Å². The molecule has 0 saturated heterocycles. The maximum Gasteiger partial charge on any atom is 0.261 e. The minimum atomic E-state index is -0.260. The number of amides is 2. The molecule has 0 aromatic heterocycles. The van der Waals surface area contributed by atoms with Crippen LogP contribution in [0, 0.1) is 12.3 Å². The number of fused-ring (bicyclic) bond motifs is 1. The van der Waals surface area contributed by atoms with E-state index in [1.807, 2.05) is 0 Å². The lowest BCUT2D eigenvalue weighted by molar-refractivity contribution is 0.0657. The minimum Gasteiger partial charge on any atom is -0.355 e. The highest BCUT2D eigenvalue weighted by molar-refractivity contribution is 14.0. The van der Waals surface area contributed by atoms with Crippen molar-refractivity contribution >= 4 is 41.8 Å². The first-order chi connectivity index (χ1) is 10.2. The fourth-order valence-corrected chi connectivity index (χ4v) is 2.08. The Bertz CT molecular complexity index is 602. The summed E-state index contributed by atoms with van der Waals surface area (Å²) in [5.74, 6) is 2.45. The molecule has 2 N–H and O–H groups in total. The summed E-state index contributed by atoms with van der Waals surface area (Å²) in [5, 5.41) is 5.89. The number of nitrogens with one attached hydrogen (secondary N) is 2. The quantitative estimate of drug-likeness (QED) is 0.251. The average molecular weight is 412 g/mol. The molecule has 1 aromatic rings. The van der Waals surface area contributed by atoms with E-state index in [0.717, 1.165) is 0 Å². The molecule has 0 fully saturated rings. The zero-order valence-corrected chi connectivity index (χ0v) is 14.5. The molecule has 0 unspecified atom stereocenters. The van der Waals surface area contributed by atoms with Gasteiger partial charge in [-0.3, -0.25) is 19.5 Å². The molecule has 0 spiro atoms. The molecular weight excluding hydrogens is 395 g/mol. The van der Waals surface area contributed by atoms with E-state index in [-0.39, 0.29) is 42.3 Å². The Morgan fingerprint density at radius 3 is 2.32 bits per heavy atom. The van der Waals surface area contributed by atoms with Crippen molar-refractivity contribution in [2.75, 3.05) is 26.7 Å². The SMILES string of the molecule is C#CCNC(=NC)NCCN1C(=O)c2ccccc2C1=O.I. The second kappa shape index (κ2) is 8.38. The van der Waals surface area contributed by atoms with E-state index in [0.29, 0.717) is 30.2 Å². The molecule has 0 radical (unpaired) electrons. The van der Waals surface area contributed by atoms with Crippen LogP contribution in [0.4, 0.5) is 0 Å². The number of hydrogen-bond donors (Lipinski definition) is 2. The largest absolute Gasteiger partial charge is 0.355 e. The van der Waals surface area contributed by atoms with Gasteiger partial charge >= 0.3 is 0 Å². The number of hydrogen-bond acceptors (Lipinski definition) is 3. The smallest absolute Gasteiger partial charge is 0.261 e. The lowest BCUT2D eigenvalue weighted by atomic mass is 10.1. The molecule has 7 heteroatoms. The number of guanidine groups is 1. The summed E-state index contributed by atoms with van der Waals surface area (Å²) in [5.41, 5.74) is 0.912. The van der Waals surface area contributed by atoms with Gasteiger partial charge in [0.2, 0.25) is 0 Å². The number of rotatable bonds is 4. The number of carbonyl (C=O) groups is 2. The van der Waals surface area contributed by atoms with Crippen LogP contribution in [0.1, 0.15) is 20.7 Å². The maximum atomic E-state index is 12.1. The fourth-order valence-electron chi connectivity index (χ4n) is 2.08. The van der Waals surface area contributed by atoms with Crippen LogP contribution in [-0.2, 0) is 0 Å². The van der Waals surface area contributed by atoms with Gasteiger partial charge in [-0.2, -0.15) is 0 Å². The molecule has 0 saturated carbocycles. The molecule has 1 aliphatic rings. The van der Waals surface area contributed by atoms with E-state index in [9.17, 15) is 9.59 Å². The van der Waals surface area contributed by atoms with E-state index < -0.39 is 0 Å².